The van der Waals surface area contributed by atoms with Crippen LogP contribution in [-0.2, 0) is 11.3 Å². The number of benzene rings is 1. The molecule has 0 aliphatic rings. The molecule has 4 heteroatoms. The summed E-state index contributed by atoms with van der Waals surface area (Å²) in [6.07, 6.45) is 0. The lowest BCUT2D eigenvalue weighted by molar-refractivity contribution is -0.140. The van der Waals surface area contributed by atoms with Crippen LogP contribution in [-0.4, -0.2) is 23.9 Å². The van der Waals surface area contributed by atoms with Crippen molar-refractivity contribution >= 4 is 18.3 Å². The number of carbonyl (C=O) groups is 1. The van der Waals surface area contributed by atoms with E-state index in [1.165, 1.54) is 11.1 Å². The van der Waals surface area contributed by atoms with Crippen LogP contribution in [0.4, 0.5) is 0 Å². The van der Waals surface area contributed by atoms with Gasteiger partial charge in [-0.25, -0.2) is 0 Å². The molecular weight excluding hydrogens is 260 g/mol. The molecule has 0 saturated heterocycles. The first-order chi connectivity index (χ1) is 8.42. The molecule has 108 valence electrons. The monoisotopic (exact) mass is 284 g/mol. The Morgan fingerprint density at radius 2 is 1.89 bits per heavy atom. The van der Waals surface area contributed by atoms with Crippen LogP contribution < -0.4 is 5.73 Å². The van der Waals surface area contributed by atoms with Crippen LogP contribution in [0.1, 0.15) is 31.9 Å². The van der Waals surface area contributed by atoms with Crippen LogP contribution in [0.15, 0.2) is 24.3 Å². The number of nitrogens with two attached hydrogens (primary N) is 1. The molecule has 0 heterocycles. The van der Waals surface area contributed by atoms with Gasteiger partial charge in [0.1, 0.15) is 0 Å². The molecule has 0 unspecified atom stereocenters. The number of aryl methyl sites for hydroxylation is 1. The first kappa shape index (κ1) is 17.9. The zero-order valence-electron chi connectivity index (χ0n) is 12.3. The van der Waals surface area contributed by atoms with E-state index < -0.39 is 5.41 Å². The summed E-state index contributed by atoms with van der Waals surface area (Å²) in [7, 11) is 0. The fourth-order valence-electron chi connectivity index (χ4n) is 1.84. The highest BCUT2D eigenvalue weighted by molar-refractivity contribution is 5.85. The third kappa shape index (κ3) is 4.51. The van der Waals surface area contributed by atoms with E-state index in [1.807, 2.05) is 37.8 Å². The number of rotatable bonds is 5. The molecule has 1 rings (SSSR count). The molecule has 2 N–H and O–H groups in total. The Balaban J connectivity index is 0.00000324. The van der Waals surface area contributed by atoms with Crippen molar-refractivity contribution in [2.24, 2.45) is 11.1 Å². The molecule has 0 spiro atoms. The molecule has 0 aliphatic carbocycles. The average molecular weight is 285 g/mol. The lowest BCUT2D eigenvalue weighted by atomic mass is 9.91. The van der Waals surface area contributed by atoms with Crippen LogP contribution in [0.5, 0.6) is 0 Å². The third-order valence-corrected chi connectivity index (χ3v) is 3.38. The maximum Gasteiger partial charge on any atom is 0.229 e. The van der Waals surface area contributed by atoms with Crippen molar-refractivity contribution in [1.82, 2.24) is 4.90 Å². The van der Waals surface area contributed by atoms with Crippen LogP contribution in [0.3, 0.4) is 0 Å². The second-order valence-corrected chi connectivity index (χ2v) is 5.33. The average Bonchev–Trinajstić information content (AvgIpc) is 2.37. The zero-order valence-corrected chi connectivity index (χ0v) is 13.1. The Morgan fingerprint density at radius 3 is 2.37 bits per heavy atom. The summed E-state index contributed by atoms with van der Waals surface area (Å²) in [4.78, 5) is 14.3. The quantitative estimate of drug-likeness (QED) is 0.904. The zero-order chi connectivity index (χ0) is 13.8. The molecule has 0 aliphatic heterocycles. The molecule has 3 nitrogen and oxygen atoms in total. The number of carbonyl (C=O) groups excluding carboxylic acids is 1. The van der Waals surface area contributed by atoms with Gasteiger partial charge < -0.3 is 10.6 Å². The summed E-state index contributed by atoms with van der Waals surface area (Å²) in [5.41, 5.74) is 7.60. The Morgan fingerprint density at radius 1 is 1.32 bits per heavy atom. The number of halogens is 1. The predicted molar refractivity (Wildman–Crippen MR) is 82.4 cm³/mol. The minimum Gasteiger partial charge on any atom is -0.338 e. The van der Waals surface area contributed by atoms with Gasteiger partial charge in [-0.2, -0.15) is 0 Å². The maximum absolute atomic E-state index is 12.4. The molecule has 1 aromatic carbocycles. The molecule has 0 atom stereocenters. The third-order valence-electron chi connectivity index (χ3n) is 3.38. The Labute approximate surface area is 122 Å². The largest absolute Gasteiger partial charge is 0.338 e. The predicted octanol–water partition coefficient (Wildman–Crippen LogP) is 2.75. The summed E-state index contributed by atoms with van der Waals surface area (Å²) in [6.45, 7) is 9.61. The van der Waals surface area contributed by atoms with Crippen LogP contribution in [0, 0.1) is 12.3 Å². The highest BCUT2D eigenvalue weighted by Crippen LogP contribution is 2.19. The van der Waals surface area contributed by atoms with Crippen LogP contribution in [0.2, 0.25) is 0 Å². The molecule has 1 amide bonds. The normalized spacial score (nSPS) is 10.8. The highest BCUT2D eigenvalue weighted by Gasteiger charge is 2.30. The summed E-state index contributed by atoms with van der Waals surface area (Å²) < 4.78 is 0. The van der Waals surface area contributed by atoms with Gasteiger partial charge in [0.25, 0.3) is 0 Å². The van der Waals surface area contributed by atoms with Crippen molar-refractivity contribution in [3.8, 4) is 0 Å². The lowest BCUT2D eigenvalue weighted by Gasteiger charge is -2.30. The standard InChI is InChI=1S/C15H24N2O.ClH/c1-5-17(14(18)15(3,4)11-16)10-13-9-7-6-8-12(13)2;/h6-9H,5,10-11,16H2,1-4H3;1H. The molecular formula is C15H25ClN2O. The maximum atomic E-state index is 12.4. The van der Waals surface area contributed by atoms with Gasteiger partial charge in [0.2, 0.25) is 5.91 Å². The minimum atomic E-state index is -0.487. The number of amides is 1. The van der Waals surface area contributed by atoms with E-state index in [1.54, 1.807) is 0 Å². The lowest BCUT2D eigenvalue weighted by Crippen LogP contribution is -2.44. The number of hydrogen-bond acceptors (Lipinski definition) is 2. The number of hydrogen-bond donors (Lipinski definition) is 1. The van der Waals surface area contributed by atoms with Gasteiger partial charge in [-0.05, 0) is 38.8 Å². The summed E-state index contributed by atoms with van der Waals surface area (Å²) in [5.74, 6) is 0.121. The minimum absolute atomic E-state index is 0. The topological polar surface area (TPSA) is 46.3 Å². The van der Waals surface area contributed by atoms with E-state index in [2.05, 4.69) is 19.1 Å². The molecule has 0 fully saturated rings. The van der Waals surface area contributed by atoms with Crippen LogP contribution in [0.25, 0.3) is 0 Å². The molecule has 1 aromatic rings. The van der Waals surface area contributed by atoms with E-state index in [-0.39, 0.29) is 18.3 Å². The van der Waals surface area contributed by atoms with Gasteiger partial charge in [-0.3, -0.25) is 4.79 Å². The van der Waals surface area contributed by atoms with E-state index >= 15 is 0 Å². The fraction of sp³-hybridized carbons (Fsp3) is 0.533. The molecule has 0 bridgehead atoms. The van der Waals surface area contributed by atoms with Crippen molar-refractivity contribution in [2.45, 2.75) is 34.2 Å². The van der Waals surface area contributed by atoms with E-state index in [0.29, 0.717) is 19.6 Å². The van der Waals surface area contributed by atoms with Gasteiger partial charge >= 0.3 is 0 Å². The fourth-order valence-corrected chi connectivity index (χ4v) is 1.84. The van der Waals surface area contributed by atoms with Gasteiger partial charge in [0.05, 0.1) is 5.41 Å². The van der Waals surface area contributed by atoms with E-state index in [4.69, 9.17) is 5.73 Å². The van der Waals surface area contributed by atoms with Crippen LogP contribution >= 0.6 is 12.4 Å². The summed E-state index contributed by atoms with van der Waals surface area (Å²) in [5, 5.41) is 0. The van der Waals surface area contributed by atoms with Crippen molar-refractivity contribution in [3.63, 3.8) is 0 Å². The van der Waals surface area contributed by atoms with Crippen molar-refractivity contribution < 1.29 is 4.79 Å². The Hall–Kier alpha value is -1.06. The SMILES string of the molecule is CCN(Cc1ccccc1C)C(=O)C(C)(C)CN.Cl. The van der Waals surface area contributed by atoms with Crippen molar-refractivity contribution in [1.29, 1.82) is 0 Å². The second kappa shape index (κ2) is 7.51. The van der Waals surface area contributed by atoms with Gasteiger partial charge in [0.15, 0.2) is 0 Å². The first-order valence-corrected chi connectivity index (χ1v) is 6.46. The second-order valence-electron chi connectivity index (χ2n) is 5.33. The summed E-state index contributed by atoms with van der Waals surface area (Å²) in [6, 6.07) is 8.16. The highest BCUT2D eigenvalue weighted by atomic mass is 35.5. The molecule has 0 saturated carbocycles. The van der Waals surface area contributed by atoms with E-state index in [9.17, 15) is 4.79 Å². The van der Waals surface area contributed by atoms with Gasteiger partial charge in [-0.1, -0.05) is 24.3 Å². The first-order valence-electron chi connectivity index (χ1n) is 6.46. The molecule has 0 aromatic heterocycles. The molecule has 0 radical (unpaired) electrons. The van der Waals surface area contributed by atoms with Crippen molar-refractivity contribution in [2.75, 3.05) is 13.1 Å². The van der Waals surface area contributed by atoms with Crippen molar-refractivity contribution in [3.05, 3.63) is 35.4 Å². The Kier molecular flexibility index (Phi) is 7.09. The smallest absolute Gasteiger partial charge is 0.229 e. The van der Waals surface area contributed by atoms with Gasteiger partial charge in [0, 0.05) is 19.6 Å². The Bertz CT molecular complexity index is 418. The number of nitrogens with zero attached hydrogens (tertiary/aromatic N) is 1. The molecule has 19 heavy (non-hydrogen) atoms. The summed E-state index contributed by atoms with van der Waals surface area (Å²) >= 11 is 0. The van der Waals surface area contributed by atoms with E-state index in [0.717, 1.165) is 0 Å². The van der Waals surface area contributed by atoms with Gasteiger partial charge in [-0.15, -0.1) is 12.4 Å².